The Bertz CT molecular complexity index is 250. The lowest BCUT2D eigenvalue weighted by molar-refractivity contribution is 0.295. The average Bonchev–Trinajstić information content (AvgIpc) is 2.19. The van der Waals surface area contributed by atoms with Gasteiger partial charge in [0.05, 0.1) is 13.7 Å². The molecule has 0 radical (unpaired) electrons. The van der Waals surface area contributed by atoms with Gasteiger partial charge in [-0.1, -0.05) is 13.3 Å². The maximum atomic E-state index is 5.40. The van der Waals surface area contributed by atoms with Gasteiger partial charge in [-0.15, -0.1) is 0 Å². The van der Waals surface area contributed by atoms with Gasteiger partial charge in [-0.3, -0.25) is 0 Å². The number of ether oxygens (including phenoxy) is 2. The third-order valence-electron chi connectivity index (χ3n) is 1.69. The summed E-state index contributed by atoms with van der Waals surface area (Å²) < 4.78 is 10.4. The van der Waals surface area contributed by atoms with Gasteiger partial charge in [0, 0.05) is 12.3 Å². The van der Waals surface area contributed by atoms with E-state index in [1.165, 1.54) is 0 Å². The largest absolute Gasteiger partial charge is 0.497 e. The molecule has 0 unspecified atom stereocenters. The maximum Gasteiger partial charge on any atom is 0.216 e. The third-order valence-corrected chi connectivity index (χ3v) is 1.69. The van der Waals surface area contributed by atoms with Gasteiger partial charge in [-0.2, -0.15) is 0 Å². The molecular formula is C10H15NO2. The van der Waals surface area contributed by atoms with Gasteiger partial charge >= 0.3 is 0 Å². The van der Waals surface area contributed by atoms with Crippen molar-refractivity contribution in [2.45, 2.75) is 19.8 Å². The van der Waals surface area contributed by atoms with Crippen molar-refractivity contribution in [3.8, 4) is 11.6 Å². The summed E-state index contributed by atoms with van der Waals surface area (Å²) in [6.45, 7) is 2.85. The van der Waals surface area contributed by atoms with Gasteiger partial charge in [0.2, 0.25) is 5.88 Å². The molecule has 72 valence electrons. The smallest absolute Gasteiger partial charge is 0.216 e. The lowest BCUT2D eigenvalue weighted by Crippen LogP contribution is -1.98. The summed E-state index contributed by atoms with van der Waals surface area (Å²) in [7, 11) is 1.63. The van der Waals surface area contributed by atoms with E-state index in [9.17, 15) is 0 Å². The zero-order valence-electron chi connectivity index (χ0n) is 8.12. The lowest BCUT2D eigenvalue weighted by Gasteiger charge is -2.05. The molecule has 0 N–H and O–H groups in total. The molecule has 0 bridgehead atoms. The fraction of sp³-hybridized carbons (Fsp3) is 0.500. The van der Waals surface area contributed by atoms with E-state index in [0.29, 0.717) is 5.88 Å². The van der Waals surface area contributed by atoms with Crippen molar-refractivity contribution in [3.05, 3.63) is 18.3 Å². The van der Waals surface area contributed by atoms with Crippen LogP contribution in [0, 0.1) is 0 Å². The van der Waals surface area contributed by atoms with Crippen molar-refractivity contribution >= 4 is 0 Å². The second-order valence-corrected chi connectivity index (χ2v) is 2.74. The SMILES string of the molecule is CCCCOc1cc(OC)ccn1. The van der Waals surface area contributed by atoms with Gasteiger partial charge in [-0.05, 0) is 12.5 Å². The summed E-state index contributed by atoms with van der Waals surface area (Å²) in [6, 6.07) is 3.59. The highest BCUT2D eigenvalue weighted by Gasteiger charge is 1.96. The lowest BCUT2D eigenvalue weighted by atomic mass is 10.4. The van der Waals surface area contributed by atoms with E-state index < -0.39 is 0 Å². The van der Waals surface area contributed by atoms with Crippen LogP contribution in [0.2, 0.25) is 0 Å². The van der Waals surface area contributed by atoms with Gasteiger partial charge < -0.3 is 9.47 Å². The number of methoxy groups -OCH3 is 1. The fourth-order valence-electron chi connectivity index (χ4n) is 0.918. The molecule has 0 saturated heterocycles. The highest BCUT2D eigenvalue weighted by molar-refractivity contribution is 5.25. The van der Waals surface area contributed by atoms with Gasteiger partial charge in [0.25, 0.3) is 0 Å². The molecule has 1 heterocycles. The van der Waals surface area contributed by atoms with E-state index in [-0.39, 0.29) is 0 Å². The summed E-state index contributed by atoms with van der Waals surface area (Å²) in [5, 5.41) is 0. The Kier molecular flexibility index (Phi) is 4.09. The zero-order valence-corrected chi connectivity index (χ0v) is 8.12. The highest BCUT2D eigenvalue weighted by Crippen LogP contribution is 2.15. The Morgan fingerprint density at radius 1 is 1.46 bits per heavy atom. The van der Waals surface area contributed by atoms with Crippen LogP contribution < -0.4 is 9.47 Å². The molecule has 1 aromatic rings. The van der Waals surface area contributed by atoms with Crippen molar-refractivity contribution in [2.24, 2.45) is 0 Å². The highest BCUT2D eigenvalue weighted by atomic mass is 16.5. The molecule has 1 rings (SSSR count). The number of hydrogen-bond acceptors (Lipinski definition) is 3. The van der Waals surface area contributed by atoms with Crippen molar-refractivity contribution < 1.29 is 9.47 Å². The van der Waals surface area contributed by atoms with Crippen LogP contribution in [0.5, 0.6) is 11.6 Å². The average molecular weight is 181 g/mol. The van der Waals surface area contributed by atoms with E-state index in [0.717, 1.165) is 25.2 Å². The first-order chi connectivity index (χ1) is 6.36. The molecule has 0 fully saturated rings. The number of unbranched alkanes of at least 4 members (excludes halogenated alkanes) is 1. The number of aromatic nitrogens is 1. The first-order valence-electron chi connectivity index (χ1n) is 4.49. The van der Waals surface area contributed by atoms with Crippen LogP contribution in [0.3, 0.4) is 0 Å². The molecule has 0 aliphatic heterocycles. The molecule has 0 aliphatic rings. The van der Waals surface area contributed by atoms with Crippen LogP contribution in [-0.4, -0.2) is 18.7 Å². The van der Waals surface area contributed by atoms with Crippen LogP contribution >= 0.6 is 0 Å². The van der Waals surface area contributed by atoms with Crippen LogP contribution in [0.1, 0.15) is 19.8 Å². The fourth-order valence-corrected chi connectivity index (χ4v) is 0.918. The molecule has 3 nitrogen and oxygen atoms in total. The van der Waals surface area contributed by atoms with E-state index in [1.54, 1.807) is 25.4 Å². The minimum Gasteiger partial charge on any atom is -0.497 e. The molecule has 1 aromatic heterocycles. The minimum atomic E-state index is 0.632. The van der Waals surface area contributed by atoms with Crippen molar-refractivity contribution in [3.63, 3.8) is 0 Å². The predicted molar refractivity (Wildman–Crippen MR) is 51.2 cm³/mol. The molecule has 0 aromatic carbocycles. The summed E-state index contributed by atoms with van der Waals surface area (Å²) in [5.74, 6) is 1.41. The normalized spacial score (nSPS) is 9.69. The molecule has 0 atom stereocenters. The van der Waals surface area contributed by atoms with E-state index in [2.05, 4.69) is 11.9 Å². The van der Waals surface area contributed by atoms with Crippen molar-refractivity contribution in [2.75, 3.05) is 13.7 Å². The zero-order chi connectivity index (χ0) is 9.52. The molecule has 13 heavy (non-hydrogen) atoms. The number of nitrogens with zero attached hydrogens (tertiary/aromatic N) is 1. The Morgan fingerprint density at radius 3 is 3.00 bits per heavy atom. The van der Waals surface area contributed by atoms with Gasteiger partial charge in [0.15, 0.2) is 0 Å². The molecular weight excluding hydrogens is 166 g/mol. The molecule has 0 spiro atoms. The first kappa shape index (κ1) is 9.84. The standard InChI is InChI=1S/C10H15NO2/c1-3-4-7-13-10-8-9(12-2)5-6-11-10/h5-6,8H,3-4,7H2,1-2H3. The second kappa shape index (κ2) is 5.41. The van der Waals surface area contributed by atoms with E-state index >= 15 is 0 Å². The summed E-state index contributed by atoms with van der Waals surface area (Å²) >= 11 is 0. The van der Waals surface area contributed by atoms with Gasteiger partial charge in [-0.25, -0.2) is 4.98 Å². The van der Waals surface area contributed by atoms with E-state index in [1.807, 2.05) is 0 Å². The third kappa shape index (κ3) is 3.32. The Labute approximate surface area is 78.7 Å². The van der Waals surface area contributed by atoms with Crippen molar-refractivity contribution in [1.29, 1.82) is 0 Å². The molecule has 0 amide bonds. The Hall–Kier alpha value is -1.25. The minimum absolute atomic E-state index is 0.632. The topological polar surface area (TPSA) is 31.4 Å². The van der Waals surface area contributed by atoms with E-state index in [4.69, 9.17) is 9.47 Å². The van der Waals surface area contributed by atoms with Crippen LogP contribution in [0.15, 0.2) is 18.3 Å². The first-order valence-corrected chi connectivity index (χ1v) is 4.49. The number of hydrogen-bond donors (Lipinski definition) is 0. The molecule has 0 saturated carbocycles. The quantitative estimate of drug-likeness (QED) is 0.653. The number of pyridine rings is 1. The summed E-state index contributed by atoms with van der Waals surface area (Å²) in [5.41, 5.74) is 0. The van der Waals surface area contributed by atoms with Crippen LogP contribution in [0.4, 0.5) is 0 Å². The molecule has 0 aliphatic carbocycles. The monoisotopic (exact) mass is 181 g/mol. The Balaban J connectivity index is 2.46. The van der Waals surface area contributed by atoms with Crippen LogP contribution in [-0.2, 0) is 0 Å². The Morgan fingerprint density at radius 2 is 2.31 bits per heavy atom. The predicted octanol–water partition coefficient (Wildman–Crippen LogP) is 2.27. The van der Waals surface area contributed by atoms with Crippen molar-refractivity contribution in [1.82, 2.24) is 4.98 Å². The second-order valence-electron chi connectivity index (χ2n) is 2.74. The van der Waals surface area contributed by atoms with Gasteiger partial charge in [0.1, 0.15) is 5.75 Å². The summed E-state index contributed by atoms with van der Waals surface area (Å²) in [6.07, 6.45) is 3.86. The summed E-state index contributed by atoms with van der Waals surface area (Å²) in [4.78, 5) is 4.06. The maximum absolute atomic E-state index is 5.40. The molecule has 3 heteroatoms. The number of rotatable bonds is 5. The van der Waals surface area contributed by atoms with Crippen LogP contribution in [0.25, 0.3) is 0 Å².